The van der Waals surface area contributed by atoms with Crippen molar-refractivity contribution in [3.8, 4) is 0 Å². The Bertz CT molecular complexity index is 467. The van der Waals surface area contributed by atoms with Crippen LogP contribution in [0.1, 0.15) is 33.3 Å². The molecule has 1 aliphatic rings. The zero-order valence-corrected chi connectivity index (χ0v) is 15.0. The summed E-state index contributed by atoms with van der Waals surface area (Å²) < 4.78 is 0. The van der Waals surface area contributed by atoms with Crippen LogP contribution in [0.2, 0.25) is 5.02 Å². The maximum Gasteiger partial charge on any atom is 0.129 e. The van der Waals surface area contributed by atoms with Gasteiger partial charge >= 0.3 is 0 Å². The second-order valence-corrected chi connectivity index (χ2v) is 8.06. The van der Waals surface area contributed by atoms with Crippen LogP contribution in [0.3, 0.4) is 0 Å². The van der Waals surface area contributed by atoms with Crippen molar-refractivity contribution in [3.63, 3.8) is 0 Å². The Hall–Kier alpha value is -0.450. The van der Waals surface area contributed by atoms with Crippen LogP contribution < -0.4 is 10.2 Å². The highest BCUT2D eigenvalue weighted by Gasteiger charge is 2.26. The third-order valence-electron chi connectivity index (χ3n) is 3.97. The summed E-state index contributed by atoms with van der Waals surface area (Å²) in [5, 5.41) is 4.85. The van der Waals surface area contributed by atoms with E-state index < -0.39 is 0 Å². The molecule has 0 aromatic carbocycles. The van der Waals surface area contributed by atoms with E-state index in [2.05, 4.69) is 49.0 Å². The number of rotatable bonds is 5. The van der Waals surface area contributed by atoms with E-state index in [0.717, 1.165) is 41.8 Å². The summed E-state index contributed by atoms with van der Waals surface area (Å²) >= 11 is 8.33. The lowest BCUT2D eigenvalue weighted by molar-refractivity contribution is 0.552. The van der Waals surface area contributed by atoms with E-state index in [1.807, 2.05) is 11.8 Å². The lowest BCUT2D eigenvalue weighted by Crippen LogP contribution is -2.45. The predicted molar refractivity (Wildman–Crippen MR) is 94.5 cm³/mol. The zero-order chi connectivity index (χ0) is 15.4. The fourth-order valence-corrected chi connectivity index (χ4v) is 3.78. The van der Waals surface area contributed by atoms with Crippen molar-refractivity contribution < 1.29 is 0 Å². The summed E-state index contributed by atoms with van der Waals surface area (Å²) in [5.41, 5.74) is 1.14. The molecular weight excluding hydrogens is 302 g/mol. The van der Waals surface area contributed by atoms with E-state index in [0.29, 0.717) is 17.2 Å². The number of pyridine rings is 1. The van der Waals surface area contributed by atoms with Gasteiger partial charge in [-0.15, -0.1) is 0 Å². The molecule has 1 aliphatic heterocycles. The minimum absolute atomic E-state index is 0.508. The highest BCUT2D eigenvalue weighted by Crippen LogP contribution is 2.29. The van der Waals surface area contributed by atoms with Crippen LogP contribution in [0.4, 0.5) is 5.82 Å². The fraction of sp³-hybridized carbons (Fsp3) is 0.688. The third-order valence-corrected chi connectivity index (χ3v) is 5.64. The first-order valence-electron chi connectivity index (χ1n) is 7.72. The molecule has 1 aromatic heterocycles. The molecular formula is C16H26ClN3S. The quantitative estimate of drug-likeness (QED) is 0.890. The van der Waals surface area contributed by atoms with E-state index in [1.54, 1.807) is 6.20 Å². The van der Waals surface area contributed by atoms with Gasteiger partial charge in [-0.05, 0) is 31.0 Å². The average molecular weight is 328 g/mol. The SMILES string of the molecule is CC(C)CNCc1cc(N2CCSC(C)C2C)ncc1Cl. The first kappa shape index (κ1) is 16.9. The van der Waals surface area contributed by atoms with Gasteiger partial charge in [-0.25, -0.2) is 4.98 Å². The van der Waals surface area contributed by atoms with Crippen LogP contribution in [0.25, 0.3) is 0 Å². The number of halogens is 1. The number of hydrogen-bond acceptors (Lipinski definition) is 4. The molecule has 2 heterocycles. The molecule has 0 radical (unpaired) electrons. The summed E-state index contributed by atoms with van der Waals surface area (Å²) in [5.74, 6) is 2.86. The molecule has 0 saturated carbocycles. The molecule has 0 aliphatic carbocycles. The van der Waals surface area contributed by atoms with Crippen LogP contribution in [-0.2, 0) is 6.54 Å². The maximum absolute atomic E-state index is 6.29. The van der Waals surface area contributed by atoms with Gasteiger partial charge in [0.15, 0.2) is 0 Å². The molecule has 2 rings (SSSR count). The van der Waals surface area contributed by atoms with Crippen LogP contribution in [-0.4, -0.2) is 35.1 Å². The van der Waals surface area contributed by atoms with Crippen LogP contribution >= 0.6 is 23.4 Å². The van der Waals surface area contributed by atoms with Gasteiger partial charge in [0, 0.05) is 36.3 Å². The number of thioether (sulfide) groups is 1. The summed E-state index contributed by atoms with van der Waals surface area (Å²) in [4.78, 5) is 6.95. The minimum Gasteiger partial charge on any atom is -0.352 e. The molecule has 2 atom stereocenters. The molecule has 1 saturated heterocycles. The van der Waals surface area contributed by atoms with E-state index >= 15 is 0 Å². The van der Waals surface area contributed by atoms with Crippen molar-refractivity contribution in [1.82, 2.24) is 10.3 Å². The Morgan fingerprint density at radius 2 is 2.24 bits per heavy atom. The van der Waals surface area contributed by atoms with E-state index in [1.165, 1.54) is 0 Å². The van der Waals surface area contributed by atoms with Crippen molar-refractivity contribution in [2.45, 2.75) is 45.5 Å². The second kappa shape index (κ2) is 7.70. The first-order valence-corrected chi connectivity index (χ1v) is 9.15. The monoisotopic (exact) mass is 327 g/mol. The van der Waals surface area contributed by atoms with E-state index in [9.17, 15) is 0 Å². The molecule has 1 N–H and O–H groups in total. The van der Waals surface area contributed by atoms with Crippen molar-refractivity contribution in [1.29, 1.82) is 0 Å². The molecule has 1 aromatic rings. The predicted octanol–water partition coefficient (Wildman–Crippen LogP) is 3.81. The number of aromatic nitrogens is 1. The van der Waals surface area contributed by atoms with Gasteiger partial charge in [0.1, 0.15) is 5.82 Å². The minimum atomic E-state index is 0.508. The number of hydrogen-bond donors (Lipinski definition) is 1. The lowest BCUT2D eigenvalue weighted by atomic mass is 10.1. The Morgan fingerprint density at radius 1 is 1.48 bits per heavy atom. The van der Waals surface area contributed by atoms with Gasteiger partial charge in [0.2, 0.25) is 0 Å². The van der Waals surface area contributed by atoms with Gasteiger partial charge in [0.25, 0.3) is 0 Å². The van der Waals surface area contributed by atoms with Crippen molar-refractivity contribution in [2.75, 3.05) is 23.7 Å². The molecule has 0 spiro atoms. The Kier molecular flexibility index (Phi) is 6.20. The molecule has 21 heavy (non-hydrogen) atoms. The number of anilines is 1. The van der Waals surface area contributed by atoms with Gasteiger partial charge in [-0.2, -0.15) is 11.8 Å². The van der Waals surface area contributed by atoms with E-state index in [-0.39, 0.29) is 0 Å². The summed E-state index contributed by atoms with van der Waals surface area (Å²) in [6, 6.07) is 2.66. The molecule has 3 nitrogen and oxygen atoms in total. The van der Waals surface area contributed by atoms with Crippen LogP contribution in [0, 0.1) is 5.92 Å². The summed E-state index contributed by atoms with van der Waals surface area (Å²) in [7, 11) is 0. The van der Waals surface area contributed by atoms with Crippen molar-refractivity contribution >= 4 is 29.2 Å². The Morgan fingerprint density at radius 3 is 2.95 bits per heavy atom. The number of nitrogens with zero attached hydrogens (tertiary/aromatic N) is 2. The third kappa shape index (κ3) is 4.51. The Balaban J connectivity index is 2.10. The zero-order valence-electron chi connectivity index (χ0n) is 13.4. The standard InChI is InChI=1S/C16H26ClN3S/c1-11(2)8-18-9-14-7-16(19-10-15(14)17)20-5-6-21-13(4)12(20)3/h7,10-13,18H,5-6,8-9H2,1-4H3. The van der Waals surface area contributed by atoms with Gasteiger partial charge in [-0.3, -0.25) is 0 Å². The highest BCUT2D eigenvalue weighted by molar-refractivity contribution is 8.00. The highest BCUT2D eigenvalue weighted by atomic mass is 35.5. The maximum atomic E-state index is 6.29. The van der Waals surface area contributed by atoms with E-state index in [4.69, 9.17) is 11.6 Å². The van der Waals surface area contributed by atoms with Gasteiger partial charge in [-0.1, -0.05) is 32.4 Å². The largest absolute Gasteiger partial charge is 0.352 e. The summed E-state index contributed by atoms with van der Waals surface area (Å²) in [6.45, 7) is 11.9. The molecule has 0 amide bonds. The first-order chi connectivity index (χ1) is 9.99. The lowest BCUT2D eigenvalue weighted by Gasteiger charge is -2.38. The van der Waals surface area contributed by atoms with Crippen molar-refractivity contribution in [2.24, 2.45) is 5.92 Å². The Labute approximate surface area is 137 Å². The smallest absolute Gasteiger partial charge is 0.129 e. The van der Waals surface area contributed by atoms with Crippen molar-refractivity contribution in [3.05, 3.63) is 22.8 Å². The molecule has 118 valence electrons. The normalized spacial score (nSPS) is 22.9. The molecule has 5 heteroatoms. The molecule has 2 unspecified atom stereocenters. The average Bonchev–Trinajstić information content (AvgIpc) is 2.44. The summed E-state index contributed by atoms with van der Waals surface area (Å²) in [6.07, 6.45) is 1.79. The van der Waals surface area contributed by atoms with Crippen LogP contribution in [0.15, 0.2) is 12.3 Å². The molecule has 1 fully saturated rings. The van der Waals surface area contributed by atoms with Crippen LogP contribution in [0.5, 0.6) is 0 Å². The van der Waals surface area contributed by atoms with Gasteiger partial charge < -0.3 is 10.2 Å². The molecule has 0 bridgehead atoms. The van der Waals surface area contributed by atoms with Gasteiger partial charge in [0.05, 0.1) is 5.02 Å². The fourth-order valence-electron chi connectivity index (χ4n) is 2.51. The number of nitrogens with one attached hydrogen (secondary N) is 1. The topological polar surface area (TPSA) is 28.2 Å². The second-order valence-electron chi connectivity index (χ2n) is 6.17.